The molecule has 0 aliphatic carbocycles. The van der Waals surface area contributed by atoms with E-state index in [1.807, 2.05) is 34.6 Å². The summed E-state index contributed by atoms with van der Waals surface area (Å²) in [6, 6.07) is 0. The van der Waals surface area contributed by atoms with Crippen LogP contribution in [0.25, 0.3) is 0 Å². The van der Waals surface area contributed by atoms with Gasteiger partial charge >= 0.3 is 6.09 Å². The predicted molar refractivity (Wildman–Crippen MR) is 103 cm³/mol. The molecule has 3 N–H and O–H groups in total. The van der Waals surface area contributed by atoms with Crippen LogP contribution < -0.4 is 16.0 Å². The molecule has 0 fully saturated rings. The molecule has 0 radical (unpaired) electrons. The van der Waals surface area contributed by atoms with Crippen molar-refractivity contribution < 1.29 is 9.53 Å². The highest BCUT2D eigenvalue weighted by atomic mass is 32.1. The van der Waals surface area contributed by atoms with Crippen LogP contribution in [-0.2, 0) is 11.3 Å². The number of ether oxygens (including phenoxy) is 1. The SMILES string of the molecule is CCNC(=NCc1nc(C)c(C)s1)NCCCNC(=O)OC(C)(C)C. The number of carbonyl (C=O) groups is 1. The van der Waals surface area contributed by atoms with E-state index < -0.39 is 5.60 Å². The van der Waals surface area contributed by atoms with Crippen molar-refractivity contribution in [3.05, 3.63) is 15.6 Å². The van der Waals surface area contributed by atoms with Gasteiger partial charge < -0.3 is 20.7 Å². The van der Waals surface area contributed by atoms with Gasteiger partial charge in [-0.25, -0.2) is 14.8 Å². The van der Waals surface area contributed by atoms with Crippen molar-refractivity contribution in [2.45, 2.75) is 60.1 Å². The second kappa shape index (κ2) is 10.2. The van der Waals surface area contributed by atoms with Gasteiger partial charge in [0.25, 0.3) is 0 Å². The Morgan fingerprint density at radius 1 is 1.20 bits per heavy atom. The first-order valence-electron chi connectivity index (χ1n) is 8.63. The van der Waals surface area contributed by atoms with Crippen LogP contribution in [0.4, 0.5) is 4.79 Å². The highest BCUT2D eigenvalue weighted by Crippen LogP contribution is 2.16. The van der Waals surface area contributed by atoms with Crippen LogP contribution in [0.15, 0.2) is 4.99 Å². The summed E-state index contributed by atoms with van der Waals surface area (Å²) in [5, 5.41) is 10.2. The Kier molecular flexibility index (Phi) is 8.68. The Morgan fingerprint density at radius 3 is 2.44 bits per heavy atom. The zero-order chi connectivity index (χ0) is 18.9. The van der Waals surface area contributed by atoms with Gasteiger partial charge in [-0.1, -0.05) is 0 Å². The third kappa shape index (κ3) is 9.28. The van der Waals surface area contributed by atoms with Gasteiger partial charge in [0.05, 0.1) is 12.2 Å². The number of thiazole rings is 1. The van der Waals surface area contributed by atoms with E-state index in [0.717, 1.165) is 29.6 Å². The van der Waals surface area contributed by atoms with E-state index in [-0.39, 0.29) is 6.09 Å². The number of amides is 1. The van der Waals surface area contributed by atoms with E-state index in [2.05, 4.69) is 32.9 Å². The standard InChI is InChI=1S/C17H31N5O2S/c1-7-18-15(21-11-14-22-12(2)13(3)25-14)19-9-8-10-20-16(23)24-17(4,5)6/h7-11H2,1-6H3,(H,20,23)(H2,18,19,21). The first-order chi connectivity index (χ1) is 11.7. The van der Waals surface area contributed by atoms with Gasteiger partial charge in [-0.05, 0) is 48.0 Å². The average Bonchev–Trinajstić information content (AvgIpc) is 2.81. The van der Waals surface area contributed by atoms with E-state index in [1.165, 1.54) is 4.88 Å². The average molecular weight is 370 g/mol. The molecule has 25 heavy (non-hydrogen) atoms. The first-order valence-corrected chi connectivity index (χ1v) is 9.45. The zero-order valence-corrected chi connectivity index (χ0v) is 17.0. The van der Waals surface area contributed by atoms with Gasteiger partial charge in [-0.3, -0.25) is 0 Å². The summed E-state index contributed by atoms with van der Waals surface area (Å²) in [4.78, 5) is 21.8. The number of guanidine groups is 1. The highest BCUT2D eigenvalue weighted by molar-refractivity contribution is 7.11. The minimum Gasteiger partial charge on any atom is -0.444 e. The van der Waals surface area contributed by atoms with Crippen molar-refractivity contribution in [2.75, 3.05) is 19.6 Å². The van der Waals surface area contributed by atoms with Crippen molar-refractivity contribution in [3.63, 3.8) is 0 Å². The molecule has 0 unspecified atom stereocenters. The van der Waals surface area contributed by atoms with Crippen molar-refractivity contribution >= 4 is 23.4 Å². The Bertz CT molecular complexity index is 559. The molecule has 0 atom stereocenters. The van der Waals surface area contributed by atoms with E-state index in [1.54, 1.807) is 11.3 Å². The first kappa shape index (κ1) is 21.2. The normalized spacial score (nSPS) is 12.0. The number of aryl methyl sites for hydroxylation is 2. The van der Waals surface area contributed by atoms with Crippen LogP contribution in [0.1, 0.15) is 49.7 Å². The second-order valence-electron chi connectivity index (χ2n) is 6.65. The minimum absolute atomic E-state index is 0.386. The smallest absolute Gasteiger partial charge is 0.407 e. The topological polar surface area (TPSA) is 87.6 Å². The van der Waals surface area contributed by atoms with Gasteiger partial charge in [0.1, 0.15) is 10.6 Å². The summed E-state index contributed by atoms with van der Waals surface area (Å²) in [6.07, 6.45) is 0.390. The summed E-state index contributed by atoms with van der Waals surface area (Å²) in [5.74, 6) is 0.755. The van der Waals surface area contributed by atoms with E-state index >= 15 is 0 Å². The van der Waals surface area contributed by atoms with Crippen molar-refractivity contribution in [1.29, 1.82) is 0 Å². The summed E-state index contributed by atoms with van der Waals surface area (Å²) < 4.78 is 5.19. The minimum atomic E-state index is -0.472. The summed E-state index contributed by atoms with van der Waals surface area (Å²) in [6.45, 7) is 14.3. The van der Waals surface area contributed by atoms with Crippen LogP contribution in [-0.4, -0.2) is 42.3 Å². The number of hydrogen-bond donors (Lipinski definition) is 3. The predicted octanol–water partition coefficient (Wildman–Crippen LogP) is 2.73. The lowest BCUT2D eigenvalue weighted by molar-refractivity contribution is 0.0527. The van der Waals surface area contributed by atoms with Crippen LogP contribution in [0, 0.1) is 13.8 Å². The van der Waals surface area contributed by atoms with E-state index in [0.29, 0.717) is 19.6 Å². The molecule has 0 saturated heterocycles. The van der Waals surface area contributed by atoms with Crippen molar-refractivity contribution in [1.82, 2.24) is 20.9 Å². The summed E-state index contributed by atoms with van der Waals surface area (Å²) in [7, 11) is 0. The number of alkyl carbamates (subject to hydrolysis) is 1. The van der Waals surface area contributed by atoms with Gasteiger partial charge in [0.15, 0.2) is 5.96 Å². The van der Waals surface area contributed by atoms with Gasteiger partial charge in [-0.15, -0.1) is 11.3 Å². The van der Waals surface area contributed by atoms with Crippen LogP contribution in [0.5, 0.6) is 0 Å². The molecule has 1 aromatic heterocycles. The Balaban J connectivity index is 2.33. The van der Waals surface area contributed by atoms with Gasteiger partial charge in [0, 0.05) is 24.5 Å². The molecule has 7 nitrogen and oxygen atoms in total. The fourth-order valence-electron chi connectivity index (χ4n) is 1.90. The molecule has 1 amide bonds. The van der Waals surface area contributed by atoms with Gasteiger partial charge in [0.2, 0.25) is 0 Å². The molecular weight excluding hydrogens is 338 g/mol. The fourth-order valence-corrected chi connectivity index (χ4v) is 2.75. The molecule has 0 bridgehead atoms. The van der Waals surface area contributed by atoms with Crippen LogP contribution >= 0.6 is 11.3 Å². The summed E-state index contributed by atoms with van der Waals surface area (Å²) >= 11 is 1.68. The third-order valence-corrected chi connectivity index (χ3v) is 4.16. The molecule has 1 heterocycles. The molecule has 1 aromatic rings. The monoisotopic (exact) mass is 369 g/mol. The quantitative estimate of drug-likeness (QED) is 0.391. The number of rotatable bonds is 7. The maximum Gasteiger partial charge on any atom is 0.407 e. The molecular formula is C17H31N5O2S. The fraction of sp³-hybridized carbons (Fsp3) is 0.706. The van der Waals surface area contributed by atoms with Gasteiger partial charge in [-0.2, -0.15) is 0 Å². The molecule has 8 heteroatoms. The number of aliphatic imine (C=N–C) groups is 1. The maximum atomic E-state index is 11.6. The number of nitrogens with one attached hydrogen (secondary N) is 3. The molecule has 1 rings (SSSR count). The largest absolute Gasteiger partial charge is 0.444 e. The third-order valence-electron chi connectivity index (χ3n) is 3.10. The zero-order valence-electron chi connectivity index (χ0n) is 16.2. The summed E-state index contributed by atoms with van der Waals surface area (Å²) in [5.41, 5.74) is 0.598. The lowest BCUT2D eigenvalue weighted by atomic mass is 10.2. The molecule has 0 saturated carbocycles. The van der Waals surface area contributed by atoms with Crippen LogP contribution in [0.3, 0.4) is 0 Å². The lowest BCUT2D eigenvalue weighted by Crippen LogP contribution is -2.39. The van der Waals surface area contributed by atoms with Crippen molar-refractivity contribution in [3.8, 4) is 0 Å². The Hall–Kier alpha value is -1.83. The second-order valence-corrected chi connectivity index (χ2v) is 7.94. The number of carbonyl (C=O) groups excluding carboxylic acids is 1. The molecule has 142 valence electrons. The van der Waals surface area contributed by atoms with Crippen LogP contribution in [0.2, 0.25) is 0 Å². The molecule has 0 aliphatic rings. The number of aromatic nitrogens is 1. The van der Waals surface area contributed by atoms with E-state index in [4.69, 9.17) is 4.74 Å². The Morgan fingerprint density at radius 2 is 1.88 bits per heavy atom. The Labute approximate surface area is 154 Å². The molecule has 0 aromatic carbocycles. The number of hydrogen-bond acceptors (Lipinski definition) is 5. The van der Waals surface area contributed by atoms with Crippen molar-refractivity contribution in [2.24, 2.45) is 4.99 Å². The molecule has 0 aliphatic heterocycles. The maximum absolute atomic E-state index is 11.6. The highest BCUT2D eigenvalue weighted by Gasteiger charge is 2.15. The molecule has 0 spiro atoms. The number of nitrogens with zero attached hydrogens (tertiary/aromatic N) is 2. The lowest BCUT2D eigenvalue weighted by Gasteiger charge is -2.19. The van der Waals surface area contributed by atoms with E-state index in [9.17, 15) is 4.79 Å².